The van der Waals surface area contributed by atoms with Crippen molar-refractivity contribution in [2.45, 2.75) is 59.0 Å². The zero-order valence-electron chi connectivity index (χ0n) is 16.6. The molecular formula is C20H30Cl2HfNOSi. The van der Waals surface area contributed by atoms with Gasteiger partial charge in [0.1, 0.15) is 0 Å². The summed E-state index contributed by atoms with van der Waals surface area (Å²) in [5.41, 5.74) is 9.92. The normalized spacial score (nSPS) is 10.5. The van der Waals surface area contributed by atoms with Gasteiger partial charge in [-0.3, -0.25) is 6.08 Å². The molecule has 6 heteroatoms. The van der Waals surface area contributed by atoms with Crippen LogP contribution in [-0.4, -0.2) is 15.4 Å². The minimum atomic E-state index is -0.567. The van der Waals surface area contributed by atoms with Gasteiger partial charge in [-0.25, -0.2) is 12.2 Å². The second-order valence-electron chi connectivity index (χ2n) is 6.03. The Bertz CT molecular complexity index is 510. The molecular weight excluding hydrogens is 548 g/mol. The molecule has 0 fully saturated rings. The topological polar surface area (TPSA) is 40.9 Å². The first-order valence-electron chi connectivity index (χ1n) is 8.21. The van der Waals surface area contributed by atoms with Gasteiger partial charge in [-0.15, -0.1) is 6.42 Å². The van der Waals surface area contributed by atoms with Crippen LogP contribution in [0, 0.1) is 6.08 Å². The number of amides is 1. The Hall–Kier alpha value is -0.163. The predicted molar refractivity (Wildman–Crippen MR) is 104 cm³/mol. The Labute approximate surface area is 193 Å². The van der Waals surface area contributed by atoms with Crippen LogP contribution < -0.4 is 24.8 Å². The molecule has 1 aromatic carbocycles. The minimum Gasteiger partial charge on any atom is -1.00 e. The van der Waals surface area contributed by atoms with Gasteiger partial charge in [-0.2, -0.15) is 6.08 Å². The minimum absolute atomic E-state index is 0. The molecule has 26 heavy (non-hydrogen) atoms. The van der Waals surface area contributed by atoms with E-state index in [2.05, 4.69) is 25.2 Å². The van der Waals surface area contributed by atoms with E-state index in [4.69, 9.17) is 5.73 Å². The SMILES string of the molecule is CC(C)c1cccc(C(C)C)c1C([NH-])=O.C[SiH]C.[C-]1=CC=CC1.[Cl-].[Cl-].[Hf+4]. The van der Waals surface area contributed by atoms with Crippen molar-refractivity contribution < 1.29 is 55.5 Å². The summed E-state index contributed by atoms with van der Waals surface area (Å²) in [6.45, 7) is 12.6. The van der Waals surface area contributed by atoms with E-state index < -0.39 is 5.91 Å². The summed E-state index contributed by atoms with van der Waals surface area (Å²) in [5, 5.41) is 0. The van der Waals surface area contributed by atoms with Crippen LogP contribution in [0.25, 0.3) is 5.73 Å². The zero-order valence-corrected chi connectivity index (χ0v) is 22.8. The molecule has 0 heterocycles. The molecule has 2 rings (SSSR count). The number of hydrogen-bond acceptors (Lipinski definition) is 1. The van der Waals surface area contributed by atoms with Crippen molar-refractivity contribution in [3.05, 3.63) is 64.9 Å². The van der Waals surface area contributed by atoms with E-state index in [0.717, 1.165) is 27.1 Å². The summed E-state index contributed by atoms with van der Waals surface area (Å²) in [4.78, 5) is 11.4. The number of benzene rings is 1. The third kappa shape index (κ3) is 13.1. The summed E-state index contributed by atoms with van der Waals surface area (Å²) in [7, 11) is 0.750. The maximum absolute atomic E-state index is 11.4. The molecule has 1 aliphatic rings. The average Bonchev–Trinajstić information content (AvgIpc) is 3.06. The van der Waals surface area contributed by atoms with Crippen LogP contribution >= 0.6 is 0 Å². The smallest absolute Gasteiger partial charge is 1.00 e. The molecule has 2 nitrogen and oxygen atoms in total. The molecule has 0 aliphatic heterocycles. The largest absolute Gasteiger partial charge is 4.00 e. The Morgan fingerprint density at radius 3 is 1.69 bits per heavy atom. The molecule has 0 saturated carbocycles. The van der Waals surface area contributed by atoms with Gasteiger partial charge in [0.25, 0.3) is 0 Å². The summed E-state index contributed by atoms with van der Waals surface area (Å²) in [5.74, 6) is 0.00370. The van der Waals surface area contributed by atoms with E-state index in [1.165, 1.54) is 0 Å². The molecule has 1 radical (unpaired) electrons. The Balaban J connectivity index is -0.000000186. The third-order valence-corrected chi connectivity index (χ3v) is 3.19. The van der Waals surface area contributed by atoms with Gasteiger partial charge in [-0.05, 0) is 23.0 Å². The third-order valence-electron chi connectivity index (χ3n) is 3.19. The van der Waals surface area contributed by atoms with E-state index >= 15 is 0 Å². The van der Waals surface area contributed by atoms with E-state index in [0.29, 0.717) is 5.56 Å². The average molecular weight is 578 g/mol. The van der Waals surface area contributed by atoms with Crippen LogP contribution in [0.5, 0.6) is 0 Å². The van der Waals surface area contributed by atoms with E-state index in [1.807, 2.05) is 58.0 Å². The Kier molecular flexibility index (Phi) is 25.2. The van der Waals surface area contributed by atoms with Gasteiger partial charge in [0.05, 0.1) is 5.91 Å². The molecule has 143 valence electrons. The van der Waals surface area contributed by atoms with Gasteiger partial charge in [0.15, 0.2) is 0 Å². The van der Waals surface area contributed by atoms with Crippen LogP contribution in [0.4, 0.5) is 0 Å². The fourth-order valence-corrected chi connectivity index (χ4v) is 2.15. The molecule has 0 bridgehead atoms. The quantitative estimate of drug-likeness (QED) is 0.367. The van der Waals surface area contributed by atoms with E-state index in [9.17, 15) is 4.79 Å². The molecule has 0 unspecified atom stereocenters. The number of halogens is 2. The number of carbonyl (C=O) groups excluding carboxylic acids is 1. The standard InChI is InChI=1S/C13H19NO.C5H5.C2H7Si.2ClH.Hf/c1-8(2)10-6-5-7-11(9(3)4)12(10)13(14)15;1-2-4-5-3-1;1-3-2;;;/h5-9H,1-4H3,(H2,14,15);1-3H,4H2;3H,1-2H3;2*1H;/q;-1;;;;+4/p-3. The molecule has 0 saturated heterocycles. The second-order valence-corrected chi connectivity index (χ2v) is 7.19. The van der Waals surface area contributed by atoms with Crippen molar-refractivity contribution in [2.75, 3.05) is 0 Å². The number of nitrogens with one attached hydrogen (secondary N) is 1. The zero-order chi connectivity index (χ0) is 17.8. The van der Waals surface area contributed by atoms with Crippen molar-refractivity contribution in [1.29, 1.82) is 0 Å². The molecule has 1 aliphatic carbocycles. The molecule has 0 atom stereocenters. The predicted octanol–water partition coefficient (Wildman–Crippen LogP) is -0.0439. The maximum Gasteiger partial charge on any atom is 4.00 e. The number of carbonyl (C=O) groups is 1. The fraction of sp³-hybridized carbons (Fsp3) is 0.450. The Morgan fingerprint density at radius 1 is 1.08 bits per heavy atom. The first-order chi connectivity index (χ1) is 10.9. The van der Waals surface area contributed by atoms with Gasteiger partial charge >= 0.3 is 25.8 Å². The Morgan fingerprint density at radius 2 is 1.50 bits per heavy atom. The van der Waals surface area contributed by atoms with Crippen molar-refractivity contribution in [3.8, 4) is 0 Å². The molecule has 1 aromatic rings. The first kappa shape index (κ1) is 33.4. The van der Waals surface area contributed by atoms with Crippen LogP contribution in [0.1, 0.15) is 67.4 Å². The van der Waals surface area contributed by atoms with Crippen LogP contribution in [0.3, 0.4) is 0 Å². The van der Waals surface area contributed by atoms with Gasteiger partial charge in [0, 0.05) is 15.1 Å². The van der Waals surface area contributed by atoms with Crippen molar-refractivity contribution in [1.82, 2.24) is 0 Å². The van der Waals surface area contributed by atoms with Gasteiger partial charge < -0.3 is 35.3 Å². The van der Waals surface area contributed by atoms with Gasteiger partial charge in [0.2, 0.25) is 0 Å². The summed E-state index contributed by atoms with van der Waals surface area (Å²) in [6, 6.07) is 5.85. The molecule has 0 spiro atoms. The van der Waals surface area contributed by atoms with Crippen LogP contribution in [0.15, 0.2) is 36.4 Å². The molecule has 0 aromatic heterocycles. The molecule has 1 N–H and O–H groups in total. The van der Waals surface area contributed by atoms with Crippen molar-refractivity contribution in [3.63, 3.8) is 0 Å². The van der Waals surface area contributed by atoms with Gasteiger partial charge in [-0.1, -0.05) is 59.0 Å². The fourth-order valence-electron chi connectivity index (χ4n) is 2.15. The second kappa shape index (κ2) is 19.6. The first-order valence-corrected chi connectivity index (χ1v) is 10.5. The van der Waals surface area contributed by atoms with Crippen molar-refractivity contribution >= 4 is 15.4 Å². The van der Waals surface area contributed by atoms with Crippen LogP contribution in [-0.2, 0) is 25.8 Å². The number of rotatable bonds is 3. The summed E-state index contributed by atoms with van der Waals surface area (Å²) >= 11 is 0. The van der Waals surface area contributed by atoms with E-state index in [1.54, 1.807) is 0 Å². The van der Waals surface area contributed by atoms with Crippen molar-refractivity contribution in [2.24, 2.45) is 0 Å². The number of hydrogen-bond donors (Lipinski definition) is 0. The maximum atomic E-state index is 11.4. The monoisotopic (exact) mass is 578 g/mol. The summed E-state index contributed by atoms with van der Waals surface area (Å²) < 4.78 is 0. The van der Waals surface area contributed by atoms with E-state index in [-0.39, 0.29) is 62.5 Å². The van der Waals surface area contributed by atoms with Crippen LogP contribution in [0.2, 0.25) is 13.1 Å². The number of allylic oxidation sites excluding steroid dienone is 4. The summed E-state index contributed by atoms with van der Waals surface area (Å²) in [6.07, 6.45) is 10.0. The molecule has 1 amide bonds.